The first-order valence-corrected chi connectivity index (χ1v) is 8.45. The van der Waals surface area contributed by atoms with Crippen molar-refractivity contribution in [2.75, 3.05) is 18.1 Å². The fraction of sp³-hybridized carbons (Fsp3) is 0.917. The van der Waals surface area contributed by atoms with Crippen LogP contribution in [0.4, 0.5) is 0 Å². The van der Waals surface area contributed by atoms with Gasteiger partial charge in [-0.3, -0.25) is 4.79 Å². The first kappa shape index (κ1) is 15.4. The molecule has 18 heavy (non-hydrogen) atoms. The van der Waals surface area contributed by atoms with Gasteiger partial charge in [-0.25, -0.2) is 8.42 Å². The van der Waals surface area contributed by atoms with E-state index in [2.05, 4.69) is 5.32 Å². The molecule has 0 aromatic rings. The fourth-order valence-electron chi connectivity index (χ4n) is 2.31. The molecule has 0 saturated heterocycles. The molecule has 0 aromatic heterocycles. The smallest absolute Gasteiger partial charge is 0.221 e. The van der Waals surface area contributed by atoms with Crippen LogP contribution in [0.15, 0.2) is 0 Å². The predicted molar refractivity (Wildman–Crippen MR) is 72.0 cm³/mol. The minimum Gasteiger partial charge on any atom is -0.355 e. The zero-order chi connectivity index (χ0) is 13.6. The van der Waals surface area contributed by atoms with E-state index < -0.39 is 9.84 Å². The van der Waals surface area contributed by atoms with Crippen molar-refractivity contribution in [2.24, 2.45) is 5.73 Å². The molecule has 0 bridgehead atoms. The molecule has 5 nitrogen and oxygen atoms in total. The number of nitrogens with two attached hydrogens (primary N) is 1. The van der Waals surface area contributed by atoms with Gasteiger partial charge in [-0.2, -0.15) is 0 Å². The van der Waals surface area contributed by atoms with Crippen LogP contribution in [0.2, 0.25) is 0 Å². The van der Waals surface area contributed by atoms with Gasteiger partial charge in [0.05, 0.1) is 5.75 Å². The molecule has 1 amide bonds. The van der Waals surface area contributed by atoms with Gasteiger partial charge in [0.15, 0.2) is 9.84 Å². The molecule has 0 aliphatic heterocycles. The number of hydrogen-bond donors (Lipinski definition) is 2. The topological polar surface area (TPSA) is 89.3 Å². The van der Waals surface area contributed by atoms with E-state index in [9.17, 15) is 13.2 Å². The third kappa shape index (κ3) is 5.35. The summed E-state index contributed by atoms with van der Waals surface area (Å²) in [6.45, 7) is 1.79. The Morgan fingerprint density at radius 2 is 1.89 bits per heavy atom. The molecule has 0 radical (unpaired) electrons. The van der Waals surface area contributed by atoms with Crippen LogP contribution >= 0.6 is 0 Å². The van der Waals surface area contributed by atoms with Crippen molar-refractivity contribution in [2.45, 2.75) is 51.0 Å². The zero-order valence-electron chi connectivity index (χ0n) is 11.1. The molecule has 1 saturated carbocycles. The minimum absolute atomic E-state index is 0.00676. The summed E-state index contributed by atoms with van der Waals surface area (Å²) in [5.74, 6) is -0.0121. The highest BCUT2D eigenvalue weighted by Gasteiger charge is 2.29. The number of hydrogen-bond acceptors (Lipinski definition) is 4. The van der Waals surface area contributed by atoms with E-state index in [0.29, 0.717) is 6.42 Å². The van der Waals surface area contributed by atoms with E-state index in [1.807, 2.05) is 0 Å². The highest BCUT2D eigenvalue weighted by Crippen LogP contribution is 2.28. The van der Waals surface area contributed by atoms with Gasteiger partial charge in [-0.1, -0.05) is 26.2 Å². The third-order valence-electron chi connectivity index (χ3n) is 3.54. The standard InChI is InChI=1S/C12H24N2O3S/c1-2-18(16,17)9-8-14-11(15)10-12(13)6-4-3-5-7-12/h2-10,13H2,1H3,(H,14,15). The Kier molecular flexibility index (Phi) is 5.59. The van der Waals surface area contributed by atoms with E-state index in [4.69, 9.17) is 5.73 Å². The normalized spacial score (nSPS) is 19.4. The molecular formula is C12H24N2O3S. The first-order chi connectivity index (χ1) is 8.37. The number of carbonyl (C=O) groups excluding carboxylic acids is 1. The number of sulfone groups is 1. The SMILES string of the molecule is CCS(=O)(=O)CCNC(=O)CC1(N)CCCCC1. The summed E-state index contributed by atoms with van der Waals surface area (Å²) in [7, 11) is -3.01. The molecule has 0 heterocycles. The Morgan fingerprint density at radius 3 is 2.44 bits per heavy atom. The summed E-state index contributed by atoms with van der Waals surface area (Å²) in [6.07, 6.45) is 5.41. The first-order valence-electron chi connectivity index (χ1n) is 6.63. The number of carbonyl (C=O) groups is 1. The summed E-state index contributed by atoms with van der Waals surface area (Å²) < 4.78 is 22.5. The number of nitrogens with one attached hydrogen (secondary N) is 1. The molecule has 0 aromatic carbocycles. The molecular weight excluding hydrogens is 252 g/mol. The second kappa shape index (κ2) is 6.52. The lowest BCUT2D eigenvalue weighted by Gasteiger charge is -2.32. The van der Waals surface area contributed by atoms with Crippen LogP contribution in [-0.2, 0) is 14.6 Å². The van der Waals surface area contributed by atoms with E-state index in [-0.39, 0.29) is 29.5 Å². The van der Waals surface area contributed by atoms with Gasteiger partial charge in [-0.05, 0) is 12.8 Å². The Morgan fingerprint density at radius 1 is 1.28 bits per heavy atom. The second-order valence-electron chi connectivity index (χ2n) is 5.19. The molecule has 1 aliphatic carbocycles. The van der Waals surface area contributed by atoms with Crippen LogP contribution in [0, 0.1) is 0 Å². The molecule has 6 heteroatoms. The summed E-state index contributed by atoms with van der Waals surface area (Å²) >= 11 is 0. The third-order valence-corrected chi connectivity index (χ3v) is 5.24. The van der Waals surface area contributed by atoms with Gasteiger partial charge in [0.25, 0.3) is 0 Å². The predicted octanol–water partition coefficient (Wildman–Crippen LogP) is 0.589. The number of amides is 1. The molecule has 0 atom stereocenters. The average molecular weight is 276 g/mol. The Hall–Kier alpha value is -0.620. The second-order valence-corrected chi connectivity index (χ2v) is 7.66. The van der Waals surface area contributed by atoms with Crippen LogP contribution in [0.5, 0.6) is 0 Å². The average Bonchev–Trinajstić information content (AvgIpc) is 2.29. The minimum atomic E-state index is -3.01. The van der Waals surface area contributed by atoms with Crippen molar-refractivity contribution in [3.8, 4) is 0 Å². The quantitative estimate of drug-likeness (QED) is 0.743. The van der Waals surface area contributed by atoms with E-state index in [1.165, 1.54) is 6.42 Å². The van der Waals surface area contributed by atoms with Gasteiger partial charge in [0.2, 0.25) is 5.91 Å². The Bertz CT molecular complexity index is 373. The summed E-state index contributed by atoms with van der Waals surface area (Å²) in [4.78, 5) is 11.7. The largest absolute Gasteiger partial charge is 0.355 e. The van der Waals surface area contributed by atoms with Crippen molar-refractivity contribution < 1.29 is 13.2 Å². The van der Waals surface area contributed by atoms with Crippen molar-refractivity contribution in [3.05, 3.63) is 0 Å². The molecule has 106 valence electrons. The van der Waals surface area contributed by atoms with Crippen LogP contribution in [-0.4, -0.2) is 37.9 Å². The molecule has 3 N–H and O–H groups in total. The Labute approximate surface area is 109 Å². The maximum atomic E-state index is 11.7. The van der Waals surface area contributed by atoms with E-state index in [0.717, 1.165) is 25.7 Å². The van der Waals surface area contributed by atoms with Crippen molar-refractivity contribution in [1.82, 2.24) is 5.32 Å². The highest BCUT2D eigenvalue weighted by molar-refractivity contribution is 7.91. The maximum Gasteiger partial charge on any atom is 0.221 e. The summed E-state index contributed by atoms with van der Waals surface area (Å²) in [6, 6.07) is 0. The van der Waals surface area contributed by atoms with E-state index >= 15 is 0 Å². The fourth-order valence-corrected chi connectivity index (χ4v) is 3.01. The lowest BCUT2D eigenvalue weighted by atomic mass is 9.80. The van der Waals surface area contributed by atoms with Crippen molar-refractivity contribution >= 4 is 15.7 Å². The maximum absolute atomic E-state index is 11.7. The van der Waals surface area contributed by atoms with Gasteiger partial charge in [0.1, 0.15) is 0 Å². The number of rotatable bonds is 6. The van der Waals surface area contributed by atoms with Crippen LogP contribution < -0.4 is 11.1 Å². The highest BCUT2D eigenvalue weighted by atomic mass is 32.2. The molecule has 0 spiro atoms. The van der Waals surface area contributed by atoms with Crippen molar-refractivity contribution in [3.63, 3.8) is 0 Å². The molecule has 0 unspecified atom stereocenters. The lowest BCUT2D eigenvalue weighted by molar-refractivity contribution is -0.122. The van der Waals surface area contributed by atoms with E-state index in [1.54, 1.807) is 6.92 Å². The van der Waals surface area contributed by atoms with Gasteiger partial charge < -0.3 is 11.1 Å². The zero-order valence-corrected chi connectivity index (χ0v) is 11.9. The Balaban J connectivity index is 2.29. The van der Waals surface area contributed by atoms with Gasteiger partial charge >= 0.3 is 0 Å². The van der Waals surface area contributed by atoms with Crippen LogP contribution in [0.1, 0.15) is 45.4 Å². The van der Waals surface area contributed by atoms with Crippen molar-refractivity contribution in [1.29, 1.82) is 0 Å². The summed E-state index contributed by atoms with van der Waals surface area (Å²) in [5.41, 5.74) is 5.78. The van der Waals surface area contributed by atoms with Gasteiger partial charge in [0, 0.05) is 24.3 Å². The van der Waals surface area contributed by atoms with Crippen LogP contribution in [0.25, 0.3) is 0 Å². The molecule has 1 aliphatic rings. The lowest BCUT2D eigenvalue weighted by Crippen LogP contribution is -2.46. The molecule has 1 fully saturated rings. The monoisotopic (exact) mass is 276 g/mol. The van der Waals surface area contributed by atoms with Crippen LogP contribution in [0.3, 0.4) is 0 Å². The van der Waals surface area contributed by atoms with Gasteiger partial charge in [-0.15, -0.1) is 0 Å². The molecule has 1 rings (SSSR count). The summed E-state index contributed by atoms with van der Waals surface area (Å²) in [5, 5.41) is 2.65.